The molecule has 1 heterocycles. The van der Waals surface area contributed by atoms with Crippen molar-refractivity contribution < 1.29 is 19.4 Å². The van der Waals surface area contributed by atoms with Crippen LogP contribution in [0.3, 0.4) is 0 Å². The topological polar surface area (TPSA) is 92.1 Å². The van der Waals surface area contributed by atoms with Crippen LogP contribution in [0.5, 0.6) is 5.75 Å². The third kappa shape index (κ3) is 4.63. The Hall–Kier alpha value is -2.74. The lowest BCUT2D eigenvalue weighted by molar-refractivity contribution is -0.142. The molecule has 0 spiro atoms. The molecule has 1 aromatic carbocycles. The Morgan fingerprint density at radius 3 is 2.83 bits per heavy atom. The Labute approximate surface area is 143 Å². The molecule has 1 N–H and O–H groups in total. The summed E-state index contributed by atoms with van der Waals surface area (Å²) in [6.07, 6.45) is 1.42. The van der Waals surface area contributed by atoms with Gasteiger partial charge in [-0.25, -0.2) is 4.98 Å². The number of para-hydroxylation sites is 1. The van der Waals surface area contributed by atoms with E-state index in [0.29, 0.717) is 23.0 Å². The van der Waals surface area contributed by atoms with Crippen LogP contribution < -0.4 is 5.01 Å². The first-order chi connectivity index (χ1) is 11.5. The summed E-state index contributed by atoms with van der Waals surface area (Å²) in [5.41, 5.74) is 0.990. The first kappa shape index (κ1) is 17.6. The molecule has 8 heteroatoms. The summed E-state index contributed by atoms with van der Waals surface area (Å²) in [6.45, 7) is 3.39. The Morgan fingerprint density at radius 2 is 2.17 bits per heavy atom. The third-order valence-corrected chi connectivity index (χ3v) is 3.76. The number of aromatic hydroxyl groups is 1. The fourth-order valence-electron chi connectivity index (χ4n) is 1.82. The lowest BCUT2D eigenvalue weighted by Crippen LogP contribution is -2.22. The van der Waals surface area contributed by atoms with E-state index in [-0.39, 0.29) is 24.0 Å². The number of rotatable bonds is 6. The summed E-state index contributed by atoms with van der Waals surface area (Å²) in [7, 11) is 0. The molecule has 7 nitrogen and oxygen atoms in total. The fraction of sp³-hybridized carbons (Fsp3) is 0.250. The second kappa shape index (κ2) is 8.21. The first-order valence-corrected chi connectivity index (χ1v) is 8.12. The number of ether oxygens (including phenoxy) is 1. The van der Waals surface area contributed by atoms with Gasteiger partial charge in [-0.05, 0) is 19.1 Å². The number of hydrogen-bond donors (Lipinski definition) is 1. The lowest BCUT2D eigenvalue weighted by atomic mass is 10.2. The molecule has 0 aliphatic heterocycles. The van der Waals surface area contributed by atoms with Gasteiger partial charge in [0.1, 0.15) is 5.75 Å². The highest BCUT2D eigenvalue weighted by Gasteiger charge is 2.16. The second-order valence-corrected chi connectivity index (χ2v) is 5.57. The quantitative estimate of drug-likeness (QED) is 0.492. The van der Waals surface area contributed by atoms with Gasteiger partial charge in [-0.15, -0.1) is 11.3 Å². The zero-order valence-electron chi connectivity index (χ0n) is 13.3. The molecule has 0 atom stereocenters. The average Bonchev–Trinajstić information content (AvgIpc) is 2.97. The molecule has 24 heavy (non-hydrogen) atoms. The third-order valence-electron chi connectivity index (χ3n) is 2.90. The van der Waals surface area contributed by atoms with Gasteiger partial charge in [0, 0.05) is 17.9 Å². The van der Waals surface area contributed by atoms with E-state index in [1.54, 1.807) is 30.5 Å². The molecule has 0 aliphatic rings. The summed E-state index contributed by atoms with van der Waals surface area (Å²) >= 11 is 1.20. The molecule has 1 amide bonds. The number of esters is 1. The van der Waals surface area contributed by atoms with Crippen molar-refractivity contribution in [3.8, 4) is 5.75 Å². The molecule has 0 saturated carbocycles. The number of thiazole rings is 1. The number of nitrogens with zero attached hydrogens (tertiary/aromatic N) is 3. The monoisotopic (exact) mass is 347 g/mol. The highest BCUT2D eigenvalue weighted by atomic mass is 32.1. The van der Waals surface area contributed by atoms with E-state index < -0.39 is 0 Å². The molecule has 0 aliphatic carbocycles. The zero-order chi connectivity index (χ0) is 17.5. The van der Waals surface area contributed by atoms with Crippen molar-refractivity contribution in [2.45, 2.75) is 20.3 Å². The number of carbonyl (C=O) groups is 2. The molecule has 0 unspecified atom stereocenters. The fourth-order valence-corrected chi connectivity index (χ4v) is 2.64. The van der Waals surface area contributed by atoms with E-state index in [9.17, 15) is 14.7 Å². The predicted octanol–water partition coefficient (Wildman–Crippen LogP) is 2.34. The summed E-state index contributed by atoms with van der Waals surface area (Å²) in [5, 5.41) is 16.9. The largest absolute Gasteiger partial charge is 0.507 e. The van der Waals surface area contributed by atoms with Gasteiger partial charge in [0.25, 0.3) is 0 Å². The van der Waals surface area contributed by atoms with Crippen LogP contribution in [0.1, 0.15) is 25.1 Å². The molecule has 0 saturated heterocycles. The minimum atomic E-state index is -0.374. The molecule has 0 radical (unpaired) electrons. The molecule has 2 rings (SSSR count). The van der Waals surface area contributed by atoms with Crippen LogP contribution in [-0.4, -0.2) is 34.8 Å². The molecule has 126 valence electrons. The van der Waals surface area contributed by atoms with Gasteiger partial charge >= 0.3 is 5.97 Å². The van der Waals surface area contributed by atoms with Crippen LogP contribution in [0.15, 0.2) is 34.7 Å². The highest BCUT2D eigenvalue weighted by molar-refractivity contribution is 7.14. The van der Waals surface area contributed by atoms with Gasteiger partial charge in [0.05, 0.1) is 24.9 Å². The predicted molar refractivity (Wildman–Crippen MR) is 91.3 cm³/mol. The number of phenolic OH excluding ortho intramolecular Hbond substituents is 1. The summed E-state index contributed by atoms with van der Waals surface area (Å²) in [4.78, 5) is 27.5. The standard InChI is InChI=1S/C16H17N3O4S/c1-3-23-15(22)8-13-10-24-16(18-13)19(11(2)20)17-9-12-6-4-5-7-14(12)21/h4-7,9-10,21H,3,8H2,1-2H3/b17-9+. The zero-order valence-corrected chi connectivity index (χ0v) is 14.1. The number of hydrazone groups is 1. The summed E-state index contributed by atoms with van der Waals surface area (Å²) < 4.78 is 4.87. The van der Waals surface area contributed by atoms with E-state index in [2.05, 4.69) is 10.1 Å². The molecular formula is C16H17N3O4S. The SMILES string of the molecule is CCOC(=O)Cc1csc(N(/N=C/c2ccccc2O)C(C)=O)n1. The maximum absolute atomic E-state index is 11.8. The van der Waals surface area contributed by atoms with Gasteiger partial charge in [0.2, 0.25) is 11.0 Å². The van der Waals surface area contributed by atoms with Crippen molar-refractivity contribution in [2.75, 3.05) is 11.6 Å². The maximum atomic E-state index is 11.8. The number of carbonyl (C=O) groups excluding carboxylic acids is 2. The number of anilines is 1. The number of amides is 1. The Kier molecular flexibility index (Phi) is 6.02. The van der Waals surface area contributed by atoms with Crippen LogP contribution in [-0.2, 0) is 20.7 Å². The Bertz CT molecular complexity index is 757. The number of phenols is 1. The van der Waals surface area contributed by atoms with Gasteiger partial charge in [-0.3, -0.25) is 9.59 Å². The van der Waals surface area contributed by atoms with Gasteiger partial charge in [0.15, 0.2) is 0 Å². The molecule has 2 aromatic rings. The van der Waals surface area contributed by atoms with E-state index in [0.717, 1.165) is 5.01 Å². The van der Waals surface area contributed by atoms with Gasteiger partial charge in [-0.2, -0.15) is 10.1 Å². The molecule has 0 bridgehead atoms. The second-order valence-electron chi connectivity index (χ2n) is 4.74. The summed E-state index contributed by atoms with van der Waals surface area (Å²) in [5.74, 6) is -0.646. The van der Waals surface area contributed by atoms with E-state index >= 15 is 0 Å². The van der Waals surface area contributed by atoms with E-state index in [1.165, 1.54) is 30.5 Å². The minimum absolute atomic E-state index is 0.0409. The van der Waals surface area contributed by atoms with E-state index in [4.69, 9.17) is 4.74 Å². The van der Waals surface area contributed by atoms with Crippen LogP contribution in [0.4, 0.5) is 5.13 Å². The van der Waals surface area contributed by atoms with Crippen LogP contribution in [0.2, 0.25) is 0 Å². The molecule has 1 aromatic heterocycles. The highest BCUT2D eigenvalue weighted by Crippen LogP contribution is 2.22. The molecular weight excluding hydrogens is 330 g/mol. The summed E-state index contributed by atoms with van der Waals surface area (Å²) in [6, 6.07) is 6.64. The number of aromatic nitrogens is 1. The molecule has 0 fully saturated rings. The van der Waals surface area contributed by atoms with Crippen LogP contribution in [0, 0.1) is 0 Å². The van der Waals surface area contributed by atoms with Crippen molar-refractivity contribution in [2.24, 2.45) is 5.10 Å². The van der Waals surface area contributed by atoms with Crippen LogP contribution >= 0.6 is 11.3 Å². The lowest BCUT2D eigenvalue weighted by Gasteiger charge is -2.10. The van der Waals surface area contributed by atoms with E-state index in [1.807, 2.05) is 0 Å². The number of benzene rings is 1. The number of hydrogen-bond acceptors (Lipinski definition) is 7. The average molecular weight is 347 g/mol. The van der Waals surface area contributed by atoms with Gasteiger partial charge < -0.3 is 9.84 Å². The van der Waals surface area contributed by atoms with Crippen molar-refractivity contribution in [3.05, 3.63) is 40.9 Å². The Morgan fingerprint density at radius 1 is 1.42 bits per heavy atom. The smallest absolute Gasteiger partial charge is 0.311 e. The Balaban J connectivity index is 2.17. The van der Waals surface area contributed by atoms with Crippen molar-refractivity contribution >= 4 is 34.6 Å². The van der Waals surface area contributed by atoms with Crippen LogP contribution in [0.25, 0.3) is 0 Å². The first-order valence-electron chi connectivity index (χ1n) is 7.24. The van der Waals surface area contributed by atoms with Crippen molar-refractivity contribution in [3.63, 3.8) is 0 Å². The minimum Gasteiger partial charge on any atom is -0.507 e. The van der Waals surface area contributed by atoms with Crippen molar-refractivity contribution in [1.29, 1.82) is 0 Å². The van der Waals surface area contributed by atoms with Crippen molar-refractivity contribution in [1.82, 2.24) is 4.98 Å². The maximum Gasteiger partial charge on any atom is 0.311 e. The van der Waals surface area contributed by atoms with Gasteiger partial charge in [-0.1, -0.05) is 12.1 Å². The normalized spacial score (nSPS) is 10.8.